The van der Waals surface area contributed by atoms with Gasteiger partial charge in [0, 0.05) is 24.6 Å². The number of hydrogen-bond donors (Lipinski definition) is 1. The fourth-order valence-corrected chi connectivity index (χ4v) is 2.08. The van der Waals surface area contributed by atoms with Crippen LogP contribution in [0.2, 0.25) is 0 Å². The fourth-order valence-electron chi connectivity index (χ4n) is 1.68. The number of nitrogens with one attached hydrogen (secondary N) is 1. The molecule has 0 aromatic carbocycles. The van der Waals surface area contributed by atoms with Crippen LogP contribution in [0.25, 0.3) is 5.65 Å². The van der Waals surface area contributed by atoms with Crippen molar-refractivity contribution in [3.63, 3.8) is 0 Å². The summed E-state index contributed by atoms with van der Waals surface area (Å²) in [6.07, 6.45) is 7.76. The molecular formula is C11H15BrN4. The van der Waals surface area contributed by atoms with E-state index < -0.39 is 0 Å². The Balaban J connectivity index is 2.38. The van der Waals surface area contributed by atoms with E-state index in [1.54, 1.807) is 6.20 Å². The van der Waals surface area contributed by atoms with Crippen LogP contribution >= 0.6 is 15.9 Å². The smallest absolute Gasteiger partial charge is 0.180 e. The zero-order chi connectivity index (χ0) is 11.5. The molecule has 86 valence electrons. The van der Waals surface area contributed by atoms with E-state index in [4.69, 9.17) is 0 Å². The van der Waals surface area contributed by atoms with E-state index in [9.17, 15) is 0 Å². The van der Waals surface area contributed by atoms with Crippen molar-refractivity contribution < 1.29 is 0 Å². The topological polar surface area (TPSA) is 42.2 Å². The lowest BCUT2D eigenvalue weighted by molar-refractivity contribution is 0.668. The lowest BCUT2D eigenvalue weighted by Gasteiger charge is -2.15. The molecule has 0 atom stereocenters. The molecule has 4 nitrogen and oxygen atoms in total. The third-order valence-corrected chi connectivity index (χ3v) is 3.05. The third kappa shape index (κ3) is 2.19. The first kappa shape index (κ1) is 11.4. The normalized spacial score (nSPS) is 11.2. The third-order valence-electron chi connectivity index (χ3n) is 2.67. The van der Waals surface area contributed by atoms with Crippen molar-refractivity contribution in [3.05, 3.63) is 23.2 Å². The molecule has 0 aliphatic carbocycles. The average Bonchev–Trinajstić information content (AvgIpc) is 2.73. The van der Waals surface area contributed by atoms with Gasteiger partial charge < -0.3 is 9.72 Å². The molecule has 0 fully saturated rings. The molecule has 16 heavy (non-hydrogen) atoms. The quantitative estimate of drug-likeness (QED) is 0.937. The highest BCUT2D eigenvalue weighted by atomic mass is 79.9. The number of hydrogen-bond acceptors (Lipinski definition) is 3. The van der Waals surface area contributed by atoms with Crippen LogP contribution < -0.4 is 5.32 Å². The first-order valence-electron chi connectivity index (χ1n) is 5.50. The second-order valence-electron chi connectivity index (χ2n) is 3.73. The van der Waals surface area contributed by atoms with Crippen LogP contribution in [0.15, 0.2) is 23.2 Å². The molecule has 0 aliphatic rings. The van der Waals surface area contributed by atoms with Gasteiger partial charge in [0.1, 0.15) is 4.60 Å². The van der Waals surface area contributed by atoms with Crippen LogP contribution in [-0.2, 0) is 0 Å². The highest BCUT2D eigenvalue weighted by Crippen LogP contribution is 2.18. The zero-order valence-electron chi connectivity index (χ0n) is 9.44. The van der Waals surface area contributed by atoms with Crippen molar-refractivity contribution in [2.75, 3.05) is 5.32 Å². The molecule has 2 rings (SSSR count). The Morgan fingerprint density at radius 1 is 1.44 bits per heavy atom. The molecule has 0 unspecified atom stereocenters. The van der Waals surface area contributed by atoms with Crippen LogP contribution in [0.3, 0.4) is 0 Å². The van der Waals surface area contributed by atoms with Gasteiger partial charge in [-0.3, -0.25) is 0 Å². The summed E-state index contributed by atoms with van der Waals surface area (Å²) in [4.78, 5) is 8.73. The largest absolute Gasteiger partial charge is 0.364 e. The number of aromatic nitrogens is 3. The van der Waals surface area contributed by atoms with Gasteiger partial charge >= 0.3 is 0 Å². The van der Waals surface area contributed by atoms with Gasteiger partial charge in [0.05, 0.1) is 0 Å². The zero-order valence-corrected chi connectivity index (χ0v) is 11.0. The summed E-state index contributed by atoms with van der Waals surface area (Å²) in [6.45, 7) is 4.34. The molecule has 0 spiro atoms. The standard InChI is InChI=1S/C11H15BrN4/c1-3-8(4-2)14-10-11-13-5-6-16(11)7-9(12)15-10/h5-8H,3-4H2,1-2H3,(H,14,15). The molecule has 0 amide bonds. The number of nitrogens with zero attached hydrogens (tertiary/aromatic N) is 3. The number of anilines is 1. The molecule has 0 saturated carbocycles. The number of halogens is 1. The summed E-state index contributed by atoms with van der Waals surface area (Å²) in [6, 6.07) is 0.447. The predicted molar refractivity (Wildman–Crippen MR) is 68.7 cm³/mol. The Bertz CT molecular complexity index is 476. The summed E-state index contributed by atoms with van der Waals surface area (Å²) in [7, 11) is 0. The first-order valence-corrected chi connectivity index (χ1v) is 6.29. The minimum atomic E-state index is 0.447. The van der Waals surface area contributed by atoms with Gasteiger partial charge in [-0.05, 0) is 28.8 Å². The number of imidazole rings is 1. The Kier molecular flexibility index (Phi) is 3.43. The van der Waals surface area contributed by atoms with Crippen molar-refractivity contribution in [1.82, 2.24) is 14.4 Å². The van der Waals surface area contributed by atoms with Crippen molar-refractivity contribution in [1.29, 1.82) is 0 Å². The van der Waals surface area contributed by atoms with Gasteiger partial charge in [-0.25, -0.2) is 9.97 Å². The molecule has 5 heteroatoms. The van der Waals surface area contributed by atoms with Gasteiger partial charge in [0.25, 0.3) is 0 Å². The minimum Gasteiger partial charge on any atom is -0.364 e. The molecule has 1 N–H and O–H groups in total. The van der Waals surface area contributed by atoms with Gasteiger partial charge in [0.2, 0.25) is 0 Å². The van der Waals surface area contributed by atoms with Gasteiger partial charge in [-0.15, -0.1) is 0 Å². The highest BCUT2D eigenvalue weighted by molar-refractivity contribution is 9.10. The predicted octanol–water partition coefficient (Wildman–Crippen LogP) is 3.09. The van der Waals surface area contributed by atoms with E-state index in [1.807, 2.05) is 16.8 Å². The molecule has 2 heterocycles. The molecule has 0 aliphatic heterocycles. The first-order chi connectivity index (χ1) is 7.74. The van der Waals surface area contributed by atoms with E-state index in [0.29, 0.717) is 6.04 Å². The van der Waals surface area contributed by atoms with E-state index in [0.717, 1.165) is 28.9 Å². The second kappa shape index (κ2) is 4.82. The summed E-state index contributed by atoms with van der Waals surface area (Å²) >= 11 is 3.40. The van der Waals surface area contributed by atoms with Crippen LogP contribution in [0, 0.1) is 0 Å². The molecule has 0 saturated heterocycles. The highest BCUT2D eigenvalue weighted by Gasteiger charge is 2.09. The minimum absolute atomic E-state index is 0.447. The Morgan fingerprint density at radius 3 is 2.88 bits per heavy atom. The van der Waals surface area contributed by atoms with Gasteiger partial charge in [-0.2, -0.15) is 0 Å². The molecule has 0 radical (unpaired) electrons. The Hall–Kier alpha value is -1.10. The fraction of sp³-hybridized carbons (Fsp3) is 0.455. The van der Waals surface area contributed by atoms with Gasteiger partial charge in [0.15, 0.2) is 11.5 Å². The van der Waals surface area contributed by atoms with Crippen molar-refractivity contribution >= 4 is 27.4 Å². The summed E-state index contributed by atoms with van der Waals surface area (Å²) in [5.74, 6) is 0.841. The van der Waals surface area contributed by atoms with Gasteiger partial charge in [-0.1, -0.05) is 13.8 Å². The maximum atomic E-state index is 4.43. The second-order valence-corrected chi connectivity index (χ2v) is 4.54. The van der Waals surface area contributed by atoms with Crippen molar-refractivity contribution in [3.8, 4) is 0 Å². The maximum absolute atomic E-state index is 4.43. The summed E-state index contributed by atoms with van der Waals surface area (Å²) in [5.41, 5.74) is 0.870. The Labute approximate surface area is 103 Å². The molecule has 2 aromatic rings. The van der Waals surface area contributed by atoms with Crippen LogP contribution in [0.1, 0.15) is 26.7 Å². The molecular weight excluding hydrogens is 268 g/mol. The number of fused-ring (bicyclic) bond motifs is 1. The van der Waals surface area contributed by atoms with Crippen LogP contribution in [0.4, 0.5) is 5.82 Å². The lowest BCUT2D eigenvalue weighted by Crippen LogP contribution is -2.18. The van der Waals surface area contributed by atoms with E-state index in [-0.39, 0.29) is 0 Å². The monoisotopic (exact) mass is 282 g/mol. The van der Waals surface area contributed by atoms with E-state index in [2.05, 4.69) is 45.1 Å². The SMILES string of the molecule is CCC(CC)Nc1nc(Br)cn2ccnc12. The summed E-state index contributed by atoms with van der Waals surface area (Å²) < 4.78 is 2.77. The summed E-state index contributed by atoms with van der Waals surface area (Å²) in [5, 5.41) is 3.42. The number of rotatable bonds is 4. The maximum Gasteiger partial charge on any atom is 0.180 e. The van der Waals surface area contributed by atoms with E-state index in [1.165, 1.54) is 0 Å². The molecule has 0 bridgehead atoms. The van der Waals surface area contributed by atoms with E-state index >= 15 is 0 Å². The van der Waals surface area contributed by atoms with Crippen LogP contribution in [0.5, 0.6) is 0 Å². The Morgan fingerprint density at radius 2 is 2.19 bits per heavy atom. The van der Waals surface area contributed by atoms with Crippen molar-refractivity contribution in [2.24, 2.45) is 0 Å². The van der Waals surface area contributed by atoms with Crippen LogP contribution in [-0.4, -0.2) is 20.4 Å². The molecule has 2 aromatic heterocycles. The average molecular weight is 283 g/mol. The van der Waals surface area contributed by atoms with Crippen molar-refractivity contribution in [2.45, 2.75) is 32.7 Å². The lowest BCUT2D eigenvalue weighted by atomic mass is 10.2.